The SMILES string of the molecule is O=C(O)CN1C(=O)C(NC(=O)c2cc3cc(Br)ccc3[nH]2)N=Cc2c(-c3ccccc3)cccc21. The summed E-state index contributed by atoms with van der Waals surface area (Å²) >= 11 is 3.41. The Morgan fingerprint density at radius 1 is 1.06 bits per heavy atom. The molecule has 1 aliphatic heterocycles. The lowest BCUT2D eigenvalue weighted by Crippen LogP contribution is -2.48. The fourth-order valence-electron chi connectivity index (χ4n) is 4.10. The molecule has 9 heteroatoms. The second-order valence-corrected chi connectivity index (χ2v) is 8.91. The van der Waals surface area contributed by atoms with Crippen LogP contribution >= 0.6 is 15.9 Å². The molecule has 0 spiro atoms. The molecule has 0 radical (unpaired) electrons. The number of nitrogens with one attached hydrogen (secondary N) is 2. The fraction of sp³-hybridized carbons (Fsp3) is 0.0769. The predicted octanol–water partition coefficient (Wildman–Crippen LogP) is 4.20. The second-order valence-electron chi connectivity index (χ2n) is 7.99. The highest BCUT2D eigenvalue weighted by Crippen LogP contribution is 2.32. The van der Waals surface area contributed by atoms with Gasteiger partial charge in [-0.25, -0.2) is 0 Å². The van der Waals surface area contributed by atoms with Gasteiger partial charge < -0.3 is 15.4 Å². The highest BCUT2D eigenvalue weighted by atomic mass is 79.9. The summed E-state index contributed by atoms with van der Waals surface area (Å²) in [6.45, 7) is -0.569. The van der Waals surface area contributed by atoms with Gasteiger partial charge in [-0.3, -0.25) is 24.3 Å². The Balaban J connectivity index is 1.52. The number of anilines is 1. The van der Waals surface area contributed by atoms with Crippen molar-refractivity contribution < 1.29 is 19.5 Å². The number of amides is 2. The summed E-state index contributed by atoms with van der Waals surface area (Å²) < 4.78 is 0.871. The molecule has 0 saturated heterocycles. The van der Waals surface area contributed by atoms with Gasteiger partial charge in [0.15, 0.2) is 0 Å². The van der Waals surface area contributed by atoms with Crippen molar-refractivity contribution in [2.45, 2.75) is 6.17 Å². The average Bonchev–Trinajstić information content (AvgIpc) is 3.23. The number of benzene rings is 3. The van der Waals surface area contributed by atoms with Gasteiger partial charge in [0, 0.05) is 27.2 Å². The molecule has 35 heavy (non-hydrogen) atoms. The van der Waals surface area contributed by atoms with Crippen LogP contribution in [0, 0.1) is 0 Å². The van der Waals surface area contributed by atoms with Gasteiger partial charge in [-0.05, 0) is 41.5 Å². The molecular formula is C26H19BrN4O4. The maximum Gasteiger partial charge on any atom is 0.323 e. The first-order valence-corrected chi connectivity index (χ1v) is 11.5. The highest BCUT2D eigenvalue weighted by Gasteiger charge is 2.32. The molecule has 1 unspecified atom stereocenters. The molecule has 1 aromatic heterocycles. The third-order valence-electron chi connectivity index (χ3n) is 5.70. The number of benzodiazepines with no additional fused rings is 1. The molecule has 2 heterocycles. The number of nitrogens with zero attached hydrogens (tertiary/aromatic N) is 2. The van der Waals surface area contributed by atoms with Crippen LogP contribution in [-0.4, -0.2) is 46.8 Å². The smallest absolute Gasteiger partial charge is 0.323 e. The van der Waals surface area contributed by atoms with Crippen molar-refractivity contribution in [2.75, 3.05) is 11.4 Å². The summed E-state index contributed by atoms with van der Waals surface area (Å²) in [5.41, 5.74) is 3.72. The second kappa shape index (κ2) is 9.19. The highest BCUT2D eigenvalue weighted by molar-refractivity contribution is 9.10. The van der Waals surface area contributed by atoms with Gasteiger partial charge >= 0.3 is 5.97 Å². The maximum absolute atomic E-state index is 13.4. The molecule has 174 valence electrons. The molecule has 3 N–H and O–H groups in total. The van der Waals surface area contributed by atoms with E-state index < -0.39 is 30.5 Å². The van der Waals surface area contributed by atoms with Crippen LogP contribution in [0.2, 0.25) is 0 Å². The molecule has 2 amide bonds. The normalized spacial score (nSPS) is 15.1. The van der Waals surface area contributed by atoms with Crippen LogP contribution in [0.4, 0.5) is 5.69 Å². The number of halogens is 1. The Morgan fingerprint density at radius 2 is 1.86 bits per heavy atom. The number of hydrogen-bond acceptors (Lipinski definition) is 4. The van der Waals surface area contributed by atoms with Crippen molar-refractivity contribution in [3.8, 4) is 11.1 Å². The van der Waals surface area contributed by atoms with Crippen LogP contribution in [0.25, 0.3) is 22.0 Å². The Kier molecular flexibility index (Phi) is 5.92. The van der Waals surface area contributed by atoms with Crippen molar-refractivity contribution in [1.82, 2.24) is 10.3 Å². The minimum Gasteiger partial charge on any atom is -0.480 e. The summed E-state index contributed by atoms with van der Waals surface area (Å²) in [6, 6.07) is 22.1. The van der Waals surface area contributed by atoms with E-state index in [4.69, 9.17) is 0 Å². The summed E-state index contributed by atoms with van der Waals surface area (Å²) in [4.78, 5) is 46.6. The van der Waals surface area contributed by atoms with Crippen molar-refractivity contribution in [3.63, 3.8) is 0 Å². The van der Waals surface area contributed by atoms with E-state index in [-0.39, 0.29) is 5.69 Å². The summed E-state index contributed by atoms with van der Waals surface area (Å²) in [7, 11) is 0. The first kappa shape index (κ1) is 22.5. The van der Waals surface area contributed by atoms with E-state index in [1.807, 2.05) is 54.6 Å². The Labute approximate surface area is 208 Å². The Morgan fingerprint density at radius 3 is 2.63 bits per heavy atom. The van der Waals surface area contributed by atoms with Crippen molar-refractivity contribution in [1.29, 1.82) is 0 Å². The van der Waals surface area contributed by atoms with Crippen LogP contribution < -0.4 is 10.2 Å². The largest absolute Gasteiger partial charge is 0.480 e. The minimum absolute atomic E-state index is 0.262. The molecule has 4 aromatic rings. The van der Waals surface area contributed by atoms with E-state index in [0.717, 1.165) is 31.4 Å². The third-order valence-corrected chi connectivity index (χ3v) is 6.19. The van der Waals surface area contributed by atoms with E-state index in [1.165, 1.54) is 6.21 Å². The lowest BCUT2D eigenvalue weighted by Gasteiger charge is -2.24. The van der Waals surface area contributed by atoms with Crippen LogP contribution in [-0.2, 0) is 9.59 Å². The van der Waals surface area contributed by atoms with E-state index in [9.17, 15) is 19.5 Å². The molecule has 0 bridgehead atoms. The van der Waals surface area contributed by atoms with E-state index in [2.05, 4.69) is 31.2 Å². The first-order chi connectivity index (χ1) is 16.9. The zero-order valence-corrected chi connectivity index (χ0v) is 19.8. The maximum atomic E-state index is 13.4. The van der Waals surface area contributed by atoms with E-state index >= 15 is 0 Å². The van der Waals surface area contributed by atoms with Crippen LogP contribution in [0.3, 0.4) is 0 Å². The summed E-state index contributed by atoms with van der Waals surface area (Å²) in [6.07, 6.45) is 0.223. The zero-order valence-electron chi connectivity index (χ0n) is 18.2. The number of H-pyrrole nitrogens is 1. The number of carbonyl (C=O) groups is 3. The summed E-state index contributed by atoms with van der Waals surface area (Å²) in [5, 5.41) is 13.0. The number of aliphatic carboxylic acids is 1. The van der Waals surface area contributed by atoms with Gasteiger partial charge in [-0.15, -0.1) is 0 Å². The number of aromatic amines is 1. The average molecular weight is 531 g/mol. The lowest BCUT2D eigenvalue weighted by atomic mass is 9.98. The number of fused-ring (bicyclic) bond motifs is 2. The van der Waals surface area contributed by atoms with Gasteiger partial charge in [0.05, 0.1) is 5.69 Å². The molecule has 1 atom stereocenters. The van der Waals surface area contributed by atoms with Gasteiger partial charge in [-0.1, -0.05) is 58.4 Å². The Hall–Kier alpha value is -4.24. The Bertz CT molecular complexity index is 1500. The molecule has 0 fully saturated rings. The molecule has 3 aromatic carbocycles. The molecule has 5 rings (SSSR count). The van der Waals surface area contributed by atoms with E-state index in [1.54, 1.807) is 18.2 Å². The van der Waals surface area contributed by atoms with Gasteiger partial charge in [0.2, 0.25) is 6.17 Å². The quantitative estimate of drug-likeness (QED) is 0.358. The van der Waals surface area contributed by atoms with Gasteiger partial charge in [0.1, 0.15) is 12.2 Å². The number of aliphatic imine (C=N–C) groups is 1. The summed E-state index contributed by atoms with van der Waals surface area (Å²) in [5.74, 6) is -2.35. The first-order valence-electron chi connectivity index (χ1n) is 10.7. The van der Waals surface area contributed by atoms with Crippen molar-refractivity contribution >= 4 is 56.5 Å². The minimum atomic E-state index is -1.30. The number of carboxylic acids is 1. The predicted molar refractivity (Wildman–Crippen MR) is 137 cm³/mol. The lowest BCUT2D eigenvalue weighted by molar-refractivity contribution is -0.136. The van der Waals surface area contributed by atoms with Crippen molar-refractivity contribution in [3.05, 3.63) is 88.5 Å². The molecule has 8 nitrogen and oxygen atoms in total. The monoisotopic (exact) mass is 530 g/mol. The van der Waals surface area contributed by atoms with Crippen LogP contribution in [0.1, 0.15) is 16.1 Å². The van der Waals surface area contributed by atoms with Gasteiger partial charge in [-0.2, -0.15) is 0 Å². The number of rotatable bonds is 5. The molecule has 0 aliphatic carbocycles. The number of hydrogen-bond donors (Lipinski definition) is 3. The molecule has 1 aliphatic rings. The zero-order chi connectivity index (χ0) is 24.5. The third kappa shape index (κ3) is 4.45. The van der Waals surface area contributed by atoms with Crippen molar-refractivity contribution in [2.24, 2.45) is 4.99 Å². The number of aromatic nitrogens is 1. The topological polar surface area (TPSA) is 115 Å². The van der Waals surface area contributed by atoms with E-state index in [0.29, 0.717) is 11.3 Å². The van der Waals surface area contributed by atoms with Crippen LogP contribution in [0.15, 0.2) is 82.3 Å². The molecular weight excluding hydrogens is 512 g/mol. The fourth-order valence-corrected chi connectivity index (χ4v) is 4.48. The standard InChI is InChI=1S/C26H19BrN4O4/c27-17-9-10-20-16(11-17)12-21(29-20)25(34)30-24-26(35)31(14-23(32)33)22-8-4-7-18(19(22)13-28-24)15-5-2-1-3-6-15/h1-13,24,29H,14H2,(H,30,34)(H,32,33). The number of carbonyl (C=O) groups excluding carboxylic acids is 2. The number of carboxylic acid groups (broad SMARTS) is 1. The van der Waals surface area contributed by atoms with Gasteiger partial charge in [0.25, 0.3) is 11.8 Å². The van der Waals surface area contributed by atoms with Crippen LogP contribution in [0.5, 0.6) is 0 Å². The molecule has 0 saturated carbocycles.